The Labute approximate surface area is 118 Å². The number of anilines is 1. The van der Waals surface area contributed by atoms with Crippen LogP contribution in [0.3, 0.4) is 0 Å². The second-order valence-corrected chi connectivity index (χ2v) is 4.98. The highest BCUT2D eigenvalue weighted by Gasteiger charge is 2.17. The van der Waals surface area contributed by atoms with Crippen LogP contribution in [0.25, 0.3) is 0 Å². The number of hydrogen-bond donors (Lipinski definition) is 1. The van der Waals surface area contributed by atoms with Gasteiger partial charge in [-0.3, -0.25) is 0 Å². The number of thiocarbonyl (C=S) groups is 1. The number of hydrogen-bond acceptors (Lipinski definition) is 1. The van der Waals surface area contributed by atoms with Crippen molar-refractivity contribution in [2.75, 3.05) is 11.9 Å². The molecular formula is C12H16Cl2N2S. The summed E-state index contributed by atoms with van der Waals surface area (Å²) in [5.74, 6) is 0. The monoisotopic (exact) mass is 290 g/mol. The Morgan fingerprint density at radius 3 is 2.53 bits per heavy atom. The van der Waals surface area contributed by atoms with Crippen molar-refractivity contribution in [3.8, 4) is 0 Å². The molecule has 1 unspecified atom stereocenters. The van der Waals surface area contributed by atoms with Crippen molar-refractivity contribution in [1.29, 1.82) is 0 Å². The van der Waals surface area contributed by atoms with E-state index in [1.807, 2.05) is 24.1 Å². The standard InChI is InChI=1S/C12H16Cl2N2S/c1-4-8(2)16(12(17)15-3)9-5-6-10(13)11(14)7-9/h5-8H,4H2,1-3H3,(H,15,17). The van der Waals surface area contributed by atoms with Gasteiger partial charge in [-0.25, -0.2) is 0 Å². The zero-order valence-electron chi connectivity index (χ0n) is 10.1. The lowest BCUT2D eigenvalue weighted by Crippen LogP contribution is -2.43. The second-order valence-electron chi connectivity index (χ2n) is 3.78. The van der Waals surface area contributed by atoms with Crippen LogP contribution in [0.5, 0.6) is 0 Å². The lowest BCUT2D eigenvalue weighted by atomic mass is 10.2. The van der Waals surface area contributed by atoms with E-state index in [0.29, 0.717) is 21.2 Å². The fraction of sp³-hybridized carbons (Fsp3) is 0.417. The van der Waals surface area contributed by atoms with Gasteiger partial charge in [-0.15, -0.1) is 0 Å². The summed E-state index contributed by atoms with van der Waals surface area (Å²) in [5, 5.41) is 4.76. The molecule has 0 amide bonds. The van der Waals surface area contributed by atoms with Crippen molar-refractivity contribution in [3.63, 3.8) is 0 Å². The molecule has 1 aromatic rings. The summed E-state index contributed by atoms with van der Waals surface area (Å²) >= 11 is 17.3. The second kappa shape index (κ2) is 6.43. The molecule has 1 N–H and O–H groups in total. The van der Waals surface area contributed by atoms with Crippen LogP contribution in [-0.4, -0.2) is 18.2 Å². The molecule has 0 bridgehead atoms. The first kappa shape index (κ1) is 14.6. The Hall–Kier alpha value is -0.510. The number of halogens is 2. The Morgan fingerprint density at radius 1 is 1.41 bits per heavy atom. The molecular weight excluding hydrogens is 275 g/mol. The van der Waals surface area contributed by atoms with E-state index in [9.17, 15) is 0 Å². The molecule has 2 nitrogen and oxygen atoms in total. The number of nitrogens with zero attached hydrogens (tertiary/aromatic N) is 1. The van der Waals surface area contributed by atoms with Gasteiger partial charge in [0.05, 0.1) is 10.0 Å². The third-order valence-corrected chi connectivity index (χ3v) is 3.79. The van der Waals surface area contributed by atoms with Gasteiger partial charge in [0.1, 0.15) is 0 Å². The van der Waals surface area contributed by atoms with Crippen molar-refractivity contribution in [2.45, 2.75) is 26.3 Å². The fourth-order valence-electron chi connectivity index (χ4n) is 1.51. The largest absolute Gasteiger partial charge is 0.365 e. The molecule has 0 aliphatic rings. The highest BCUT2D eigenvalue weighted by atomic mass is 35.5. The van der Waals surface area contributed by atoms with Gasteiger partial charge in [-0.2, -0.15) is 0 Å². The van der Waals surface area contributed by atoms with Crippen LogP contribution >= 0.6 is 35.4 Å². The van der Waals surface area contributed by atoms with Crippen LogP contribution in [0.1, 0.15) is 20.3 Å². The van der Waals surface area contributed by atoms with E-state index >= 15 is 0 Å². The maximum atomic E-state index is 6.03. The molecule has 0 aliphatic carbocycles. The summed E-state index contributed by atoms with van der Waals surface area (Å²) in [6.45, 7) is 4.24. The maximum absolute atomic E-state index is 6.03. The molecule has 0 aliphatic heterocycles. The van der Waals surface area contributed by atoms with Crippen molar-refractivity contribution < 1.29 is 0 Å². The van der Waals surface area contributed by atoms with Gasteiger partial charge in [0.2, 0.25) is 0 Å². The van der Waals surface area contributed by atoms with E-state index in [2.05, 4.69) is 19.2 Å². The minimum atomic E-state index is 0.298. The summed E-state index contributed by atoms with van der Waals surface area (Å²) in [5.41, 5.74) is 0.952. The van der Waals surface area contributed by atoms with Gasteiger partial charge in [0, 0.05) is 18.8 Å². The summed E-state index contributed by atoms with van der Waals surface area (Å²) < 4.78 is 0. The third kappa shape index (κ3) is 3.47. The van der Waals surface area contributed by atoms with Crippen LogP contribution in [0, 0.1) is 0 Å². The molecule has 0 radical (unpaired) electrons. The van der Waals surface area contributed by atoms with Crippen LogP contribution in [-0.2, 0) is 0 Å². The van der Waals surface area contributed by atoms with Crippen LogP contribution in [0.2, 0.25) is 10.0 Å². The molecule has 17 heavy (non-hydrogen) atoms. The predicted octanol–water partition coefficient (Wildman–Crippen LogP) is 4.10. The van der Waals surface area contributed by atoms with Gasteiger partial charge in [0.25, 0.3) is 0 Å². The van der Waals surface area contributed by atoms with Gasteiger partial charge < -0.3 is 10.2 Å². The van der Waals surface area contributed by atoms with Crippen molar-refractivity contribution in [1.82, 2.24) is 5.32 Å². The minimum absolute atomic E-state index is 0.298. The lowest BCUT2D eigenvalue weighted by molar-refractivity contribution is 0.696. The third-order valence-electron chi connectivity index (χ3n) is 2.65. The number of rotatable bonds is 3. The molecule has 94 valence electrons. The number of nitrogens with one attached hydrogen (secondary N) is 1. The molecule has 5 heteroatoms. The van der Waals surface area contributed by atoms with Crippen LogP contribution < -0.4 is 10.2 Å². The van der Waals surface area contributed by atoms with Crippen molar-refractivity contribution >= 4 is 46.2 Å². The Kier molecular flexibility index (Phi) is 5.50. The lowest BCUT2D eigenvalue weighted by Gasteiger charge is -2.30. The molecule has 0 fully saturated rings. The summed E-state index contributed by atoms with van der Waals surface area (Å²) in [4.78, 5) is 2.04. The van der Waals surface area contributed by atoms with Crippen molar-refractivity contribution in [3.05, 3.63) is 28.2 Å². The molecule has 0 saturated heterocycles. The first-order valence-electron chi connectivity index (χ1n) is 5.47. The van der Waals surface area contributed by atoms with Crippen LogP contribution in [0.4, 0.5) is 5.69 Å². The van der Waals surface area contributed by atoms with Gasteiger partial charge in [-0.05, 0) is 43.8 Å². The molecule has 0 heterocycles. The molecule has 1 rings (SSSR count). The van der Waals surface area contributed by atoms with E-state index in [4.69, 9.17) is 35.4 Å². The van der Waals surface area contributed by atoms with Crippen LogP contribution in [0.15, 0.2) is 18.2 Å². The van der Waals surface area contributed by atoms with E-state index in [1.54, 1.807) is 6.07 Å². The fourth-order valence-corrected chi connectivity index (χ4v) is 2.09. The summed E-state index contributed by atoms with van der Waals surface area (Å²) in [6.07, 6.45) is 0.988. The molecule has 0 saturated carbocycles. The average molecular weight is 291 g/mol. The maximum Gasteiger partial charge on any atom is 0.173 e. The SMILES string of the molecule is CCC(C)N(C(=S)NC)c1ccc(Cl)c(Cl)c1. The van der Waals surface area contributed by atoms with E-state index < -0.39 is 0 Å². The molecule has 0 aromatic heterocycles. The summed E-state index contributed by atoms with van der Waals surface area (Å²) in [6, 6.07) is 5.84. The topological polar surface area (TPSA) is 15.3 Å². The molecule has 1 atom stereocenters. The quantitative estimate of drug-likeness (QED) is 0.844. The Bertz CT molecular complexity index is 409. The molecule has 1 aromatic carbocycles. The van der Waals surface area contributed by atoms with E-state index in [-0.39, 0.29) is 0 Å². The average Bonchev–Trinajstić information content (AvgIpc) is 2.33. The van der Waals surface area contributed by atoms with Gasteiger partial charge >= 0.3 is 0 Å². The smallest absolute Gasteiger partial charge is 0.173 e. The zero-order valence-corrected chi connectivity index (χ0v) is 12.5. The normalized spacial score (nSPS) is 12.1. The van der Waals surface area contributed by atoms with E-state index in [1.165, 1.54) is 0 Å². The summed E-state index contributed by atoms with van der Waals surface area (Å²) in [7, 11) is 1.81. The predicted molar refractivity (Wildman–Crippen MR) is 80.4 cm³/mol. The first-order valence-corrected chi connectivity index (χ1v) is 6.63. The van der Waals surface area contributed by atoms with E-state index in [0.717, 1.165) is 12.1 Å². The van der Waals surface area contributed by atoms with Gasteiger partial charge in [0.15, 0.2) is 5.11 Å². The Balaban J connectivity index is 3.12. The Morgan fingerprint density at radius 2 is 2.06 bits per heavy atom. The zero-order chi connectivity index (χ0) is 13.0. The highest BCUT2D eigenvalue weighted by Crippen LogP contribution is 2.28. The number of benzene rings is 1. The minimum Gasteiger partial charge on any atom is -0.365 e. The van der Waals surface area contributed by atoms with Crippen molar-refractivity contribution in [2.24, 2.45) is 0 Å². The first-order chi connectivity index (χ1) is 8.01. The van der Waals surface area contributed by atoms with Gasteiger partial charge in [-0.1, -0.05) is 30.1 Å². The molecule has 0 spiro atoms. The highest BCUT2D eigenvalue weighted by molar-refractivity contribution is 7.80.